The average Bonchev–Trinajstić information content (AvgIpc) is 2.41. The van der Waals surface area contributed by atoms with Gasteiger partial charge in [-0.25, -0.2) is 4.79 Å². The summed E-state index contributed by atoms with van der Waals surface area (Å²) >= 11 is 5.66. The molecule has 0 fully saturated rings. The molecule has 2 aromatic rings. The summed E-state index contributed by atoms with van der Waals surface area (Å²) in [6.07, 6.45) is -4.48. The minimum atomic E-state index is -4.48. The number of halogens is 4. The summed E-state index contributed by atoms with van der Waals surface area (Å²) < 4.78 is 38.7. The molecule has 0 unspecified atom stereocenters. The number of rotatable bonds is 2. The molecule has 4 nitrogen and oxygen atoms in total. The molecule has 8 heteroatoms. The van der Waals surface area contributed by atoms with Crippen LogP contribution in [0.5, 0.6) is 0 Å². The van der Waals surface area contributed by atoms with Crippen molar-refractivity contribution in [2.45, 2.75) is 19.6 Å². The Kier molecular flexibility index (Phi) is 3.95. The van der Waals surface area contributed by atoms with Crippen LogP contribution in [0.15, 0.2) is 33.9 Å². The van der Waals surface area contributed by atoms with Crippen LogP contribution >= 0.6 is 11.6 Å². The van der Waals surface area contributed by atoms with Crippen LogP contribution in [0.25, 0.3) is 0 Å². The minimum absolute atomic E-state index is 0.0784. The first-order chi connectivity index (χ1) is 9.70. The van der Waals surface area contributed by atoms with Crippen LogP contribution in [0.1, 0.15) is 16.7 Å². The summed E-state index contributed by atoms with van der Waals surface area (Å²) in [7, 11) is 0. The lowest BCUT2D eigenvalue weighted by atomic mass is 10.1. The summed E-state index contributed by atoms with van der Waals surface area (Å²) in [5, 5.41) is -0.0784. The molecule has 1 aromatic carbocycles. The highest BCUT2D eigenvalue weighted by atomic mass is 35.5. The van der Waals surface area contributed by atoms with Gasteiger partial charge < -0.3 is 0 Å². The molecule has 1 N–H and O–H groups in total. The molecule has 0 aliphatic carbocycles. The van der Waals surface area contributed by atoms with Gasteiger partial charge in [-0.05, 0) is 24.6 Å². The highest BCUT2D eigenvalue weighted by molar-refractivity contribution is 6.30. The van der Waals surface area contributed by atoms with Gasteiger partial charge in [-0.15, -0.1) is 0 Å². The van der Waals surface area contributed by atoms with Crippen molar-refractivity contribution in [3.63, 3.8) is 0 Å². The van der Waals surface area contributed by atoms with Crippen LogP contribution in [-0.4, -0.2) is 9.55 Å². The number of nitrogens with one attached hydrogen (secondary N) is 1. The SMILES string of the molecule is Cc1c(Cl)[nH]c(=O)n(Cc2cccc(C(F)(F)F)c2)c1=O. The van der Waals surface area contributed by atoms with E-state index in [-0.39, 0.29) is 22.8 Å². The highest BCUT2D eigenvalue weighted by Crippen LogP contribution is 2.29. The van der Waals surface area contributed by atoms with Gasteiger partial charge in [0.1, 0.15) is 5.15 Å². The Morgan fingerprint density at radius 1 is 1.29 bits per heavy atom. The molecule has 0 atom stereocenters. The van der Waals surface area contributed by atoms with Crippen LogP contribution in [0.3, 0.4) is 0 Å². The van der Waals surface area contributed by atoms with Crippen molar-refractivity contribution in [2.75, 3.05) is 0 Å². The van der Waals surface area contributed by atoms with Crippen molar-refractivity contribution < 1.29 is 13.2 Å². The molecule has 0 saturated heterocycles. The maximum absolute atomic E-state index is 12.6. The van der Waals surface area contributed by atoms with Crippen molar-refractivity contribution in [1.82, 2.24) is 9.55 Å². The van der Waals surface area contributed by atoms with E-state index >= 15 is 0 Å². The quantitative estimate of drug-likeness (QED) is 0.865. The third kappa shape index (κ3) is 3.18. The van der Waals surface area contributed by atoms with Crippen LogP contribution < -0.4 is 11.2 Å². The van der Waals surface area contributed by atoms with Crippen LogP contribution in [-0.2, 0) is 12.7 Å². The van der Waals surface area contributed by atoms with Crippen LogP contribution in [0, 0.1) is 6.92 Å². The van der Waals surface area contributed by atoms with Gasteiger partial charge in [0.05, 0.1) is 12.1 Å². The zero-order valence-corrected chi connectivity index (χ0v) is 11.5. The van der Waals surface area contributed by atoms with Crippen molar-refractivity contribution >= 4 is 11.6 Å². The number of hydrogen-bond donors (Lipinski definition) is 1. The fraction of sp³-hybridized carbons (Fsp3) is 0.231. The van der Waals surface area contributed by atoms with E-state index in [9.17, 15) is 22.8 Å². The van der Waals surface area contributed by atoms with Gasteiger partial charge in [0, 0.05) is 5.56 Å². The topological polar surface area (TPSA) is 54.9 Å². The Balaban J connectivity index is 2.47. The lowest BCUT2D eigenvalue weighted by Crippen LogP contribution is -2.36. The van der Waals surface area contributed by atoms with E-state index in [1.54, 1.807) is 0 Å². The minimum Gasteiger partial charge on any atom is -0.297 e. The average molecular weight is 319 g/mol. The van der Waals surface area contributed by atoms with E-state index in [0.717, 1.165) is 16.7 Å². The summed E-state index contributed by atoms with van der Waals surface area (Å²) in [5.74, 6) is 0. The summed E-state index contributed by atoms with van der Waals surface area (Å²) in [6.45, 7) is 1.15. The van der Waals surface area contributed by atoms with E-state index in [0.29, 0.717) is 0 Å². The van der Waals surface area contributed by atoms with Gasteiger partial charge in [-0.2, -0.15) is 13.2 Å². The molecule has 21 heavy (non-hydrogen) atoms. The second-order valence-corrected chi connectivity index (χ2v) is 4.84. The number of aromatic nitrogens is 2. The van der Waals surface area contributed by atoms with Gasteiger partial charge in [-0.3, -0.25) is 14.3 Å². The first kappa shape index (κ1) is 15.4. The molecule has 0 bridgehead atoms. The smallest absolute Gasteiger partial charge is 0.297 e. The molecule has 0 saturated carbocycles. The van der Waals surface area contributed by atoms with E-state index < -0.39 is 23.0 Å². The molecule has 1 aromatic heterocycles. The molecule has 0 radical (unpaired) electrons. The number of nitrogens with zero attached hydrogens (tertiary/aromatic N) is 1. The second-order valence-electron chi connectivity index (χ2n) is 4.46. The lowest BCUT2D eigenvalue weighted by Gasteiger charge is -2.10. The standard InChI is InChI=1S/C13H10ClF3N2O2/c1-7-10(14)18-12(21)19(11(7)20)6-8-3-2-4-9(5-8)13(15,16)17/h2-5H,6H2,1H3,(H,18,21). The number of hydrogen-bond acceptors (Lipinski definition) is 2. The normalized spacial score (nSPS) is 11.7. The maximum atomic E-state index is 12.6. The molecule has 1 heterocycles. The number of H-pyrrole nitrogens is 1. The molecule has 0 spiro atoms. The highest BCUT2D eigenvalue weighted by Gasteiger charge is 2.30. The second kappa shape index (κ2) is 5.40. The van der Waals surface area contributed by atoms with Crippen LogP contribution in [0.2, 0.25) is 5.15 Å². The molecule has 112 valence electrons. The predicted molar refractivity (Wildman–Crippen MR) is 71.6 cm³/mol. The summed E-state index contributed by atoms with van der Waals surface area (Å²) in [6, 6.07) is 4.45. The largest absolute Gasteiger partial charge is 0.416 e. The fourth-order valence-corrected chi connectivity index (χ4v) is 1.98. The Labute approximate surface area is 121 Å². The molecule has 2 rings (SSSR count). The van der Waals surface area contributed by atoms with Crippen molar-refractivity contribution in [3.8, 4) is 0 Å². The van der Waals surface area contributed by atoms with Gasteiger partial charge in [0.2, 0.25) is 0 Å². The van der Waals surface area contributed by atoms with E-state index in [1.807, 2.05) is 0 Å². The number of aromatic amines is 1. The van der Waals surface area contributed by atoms with Crippen molar-refractivity contribution in [2.24, 2.45) is 0 Å². The van der Waals surface area contributed by atoms with Crippen molar-refractivity contribution in [3.05, 3.63) is 66.9 Å². The third-order valence-corrected chi connectivity index (χ3v) is 3.33. The van der Waals surface area contributed by atoms with E-state index in [4.69, 9.17) is 11.6 Å². The zero-order valence-electron chi connectivity index (χ0n) is 10.8. The monoisotopic (exact) mass is 318 g/mol. The van der Waals surface area contributed by atoms with Crippen molar-refractivity contribution in [1.29, 1.82) is 0 Å². The summed E-state index contributed by atoms with van der Waals surface area (Å²) in [4.78, 5) is 25.9. The Bertz CT molecular complexity index is 793. The van der Waals surface area contributed by atoms with E-state index in [1.165, 1.54) is 19.1 Å². The number of benzene rings is 1. The van der Waals surface area contributed by atoms with Gasteiger partial charge in [-0.1, -0.05) is 23.7 Å². The number of alkyl halides is 3. The van der Waals surface area contributed by atoms with Crippen LogP contribution in [0.4, 0.5) is 13.2 Å². The maximum Gasteiger partial charge on any atom is 0.416 e. The molecular formula is C13H10ClF3N2O2. The Morgan fingerprint density at radius 2 is 1.95 bits per heavy atom. The van der Waals surface area contributed by atoms with Gasteiger partial charge in [0.25, 0.3) is 5.56 Å². The van der Waals surface area contributed by atoms with Gasteiger partial charge >= 0.3 is 11.9 Å². The third-order valence-electron chi connectivity index (χ3n) is 2.95. The molecule has 0 aliphatic rings. The first-order valence-electron chi connectivity index (χ1n) is 5.85. The predicted octanol–water partition coefficient (Wildman–Crippen LogP) is 2.57. The molecular weight excluding hydrogens is 309 g/mol. The molecule has 0 aliphatic heterocycles. The summed E-state index contributed by atoms with van der Waals surface area (Å²) in [5.41, 5.74) is -1.92. The van der Waals surface area contributed by atoms with Gasteiger partial charge in [0.15, 0.2) is 0 Å². The van der Waals surface area contributed by atoms with E-state index in [2.05, 4.69) is 4.98 Å². The lowest BCUT2D eigenvalue weighted by molar-refractivity contribution is -0.137. The molecule has 0 amide bonds. The first-order valence-corrected chi connectivity index (χ1v) is 6.23. The fourth-order valence-electron chi connectivity index (χ4n) is 1.82. The zero-order chi connectivity index (χ0) is 15.8. The Morgan fingerprint density at radius 3 is 2.57 bits per heavy atom. The Hall–Kier alpha value is -2.02.